The normalized spacial score (nSPS) is 15.3. The second-order valence-electron chi connectivity index (χ2n) is 7.41. The zero-order chi connectivity index (χ0) is 20.9. The minimum absolute atomic E-state index is 0.185. The zero-order valence-electron chi connectivity index (χ0n) is 16.5. The van der Waals surface area contributed by atoms with Crippen molar-refractivity contribution < 1.29 is 19.4 Å². The van der Waals surface area contributed by atoms with Crippen molar-refractivity contribution >= 4 is 11.9 Å². The number of fused-ring (bicyclic) bond motifs is 1. The first kappa shape index (κ1) is 19.7. The Morgan fingerprint density at radius 2 is 1.57 bits per heavy atom. The number of hydrogen-bond donors (Lipinski definition) is 1. The van der Waals surface area contributed by atoms with Gasteiger partial charge in [0.05, 0.1) is 6.42 Å². The molecule has 5 heteroatoms. The first-order chi connectivity index (χ1) is 14.6. The fourth-order valence-corrected chi connectivity index (χ4v) is 3.81. The zero-order valence-corrected chi connectivity index (χ0v) is 16.5. The summed E-state index contributed by atoms with van der Waals surface area (Å²) in [5.74, 6) is -0.507. The van der Waals surface area contributed by atoms with E-state index in [0.29, 0.717) is 12.4 Å². The number of nitrogens with zero attached hydrogens (tertiary/aromatic N) is 1. The van der Waals surface area contributed by atoms with Crippen molar-refractivity contribution in [3.8, 4) is 5.75 Å². The molecule has 0 bridgehead atoms. The number of amides is 1. The number of hydrogen-bond acceptors (Lipinski definition) is 3. The van der Waals surface area contributed by atoms with Crippen LogP contribution < -0.4 is 4.74 Å². The number of carbonyl (C=O) groups excluding carboxylic acids is 1. The van der Waals surface area contributed by atoms with E-state index in [1.54, 1.807) is 0 Å². The average molecular weight is 401 g/mol. The van der Waals surface area contributed by atoms with Crippen LogP contribution in [-0.2, 0) is 35.6 Å². The Hall–Kier alpha value is -3.60. The van der Waals surface area contributed by atoms with Crippen molar-refractivity contribution in [1.82, 2.24) is 4.90 Å². The molecule has 3 aromatic carbocycles. The number of aliphatic carboxylic acids is 1. The van der Waals surface area contributed by atoms with Crippen molar-refractivity contribution in [3.63, 3.8) is 0 Å². The van der Waals surface area contributed by atoms with Crippen LogP contribution in [0.3, 0.4) is 0 Å². The van der Waals surface area contributed by atoms with Crippen LogP contribution in [0, 0.1) is 0 Å². The highest BCUT2D eigenvalue weighted by Crippen LogP contribution is 2.32. The molecule has 4 rings (SSSR count). The number of carboxylic acid groups (broad SMARTS) is 1. The Bertz CT molecular complexity index is 1030. The first-order valence-corrected chi connectivity index (χ1v) is 9.95. The summed E-state index contributed by atoms with van der Waals surface area (Å²) in [6, 6.07) is 24.0. The fourth-order valence-electron chi connectivity index (χ4n) is 3.81. The van der Waals surface area contributed by atoms with E-state index in [1.165, 1.54) is 4.90 Å². The molecular formula is C25H23NO4. The standard InChI is InChI=1S/C25H23NO4/c27-24(14-18-8-3-1-4-9-18)26-16-20-12-7-13-23(21(20)15-22(26)25(28)29)30-17-19-10-5-2-6-11-19/h1-13,22H,14-17H2,(H,28,29)/t22-/m0/s1. The lowest BCUT2D eigenvalue weighted by Gasteiger charge is -2.35. The van der Waals surface area contributed by atoms with E-state index in [9.17, 15) is 14.7 Å². The molecule has 0 aromatic heterocycles. The highest BCUT2D eigenvalue weighted by Gasteiger charge is 2.35. The molecule has 30 heavy (non-hydrogen) atoms. The Labute approximate surface area is 175 Å². The number of carboxylic acids is 1. The third-order valence-electron chi connectivity index (χ3n) is 5.39. The molecule has 1 N–H and O–H groups in total. The van der Waals surface area contributed by atoms with Gasteiger partial charge >= 0.3 is 5.97 Å². The van der Waals surface area contributed by atoms with Gasteiger partial charge in [-0.1, -0.05) is 72.8 Å². The number of benzene rings is 3. The Balaban J connectivity index is 1.55. The van der Waals surface area contributed by atoms with E-state index in [4.69, 9.17) is 4.74 Å². The van der Waals surface area contributed by atoms with Gasteiger partial charge in [-0.25, -0.2) is 4.79 Å². The predicted molar refractivity (Wildman–Crippen MR) is 113 cm³/mol. The van der Waals surface area contributed by atoms with Crippen LogP contribution in [0.1, 0.15) is 22.3 Å². The van der Waals surface area contributed by atoms with Gasteiger partial charge < -0.3 is 14.7 Å². The predicted octanol–water partition coefficient (Wildman–Crippen LogP) is 3.85. The first-order valence-electron chi connectivity index (χ1n) is 9.95. The summed E-state index contributed by atoms with van der Waals surface area (Å²) in [4.78, 5) is 26.4. The molecule has 0 spiro atoms. The Morgan fingerprint density at radius 1 is 0.900 bits per heavy atom. The van der Waals surface area contributed by atoms with Gasteiger partial charge in [-0.15, -0.1) is 0 Å². The quantitative estimate of drug-likeness (QED) is 0.681. The van der Waals surface area contributed by atoms with E-state index in [-0.39, 0.29) is 25.3 Å². The van der Waals surface area contributed by atoms with Gasteiger partial charge in [0.2, 0.25) is 5.91 Å². The van der Waals surface area contributed by atoms with Gasteiger partial charge in [-0.05, 0) is 22.8 Å². The van der Waals surface area contributed by atoms with Crippen LogP contribution >= 0.6 is 0 Å². The molecule has 0 saturated carbocycles. The van der Waals surface area contributed by atoms with Crippen molar-refractivity contribution in [2.75, 3.05) is 0 Å². The molecule has 1 amide bonds. The Morgan fingerprint density at radius 3 is 2.23 bits per heavy atom. The van der Waals surface area contributed by atoms with E-state index < -0.39 is 12.0 Å². The van der Waals surface area contributed by atoms with Crippen LogP contribution in [0.4, 0.5) is 0 Å². The molecule has 5 nitrogen and oxygen atoms in total. The number of rotatable bonds is 6. The summed E-state index contributed by atoms with van der Waals surface area (Å²) in [6.07, 6.45) is 0.417. The Kier molecular flexibility index (Phi) is 5.80. The maximum atomic E-state index is 12.9. The molecule has 3 aromatic rings. The van der Waals surface area contributed by atoms with Gasteiger partial charge in [0.1, 0.15) is 18.4 Å². The van der Waals surface area contributed by atoms with Gasteiger partial charge in [-0.2, -0.15) is 0 Å². The van der Waals surface area contributed by atoms with Gasteiger partial charge in [-0.3, -0.25) is 4.79 Å². The van der Waals surface area contributed by atoms with Gasteiger partial charge in [0.25, 0.3) is 0 Å². The van der Waals surface area contributed by atoms with Gasteiger partial charge in [0, 0.05) is 18.5 Å². The maximum Gasteiger partial charge on any atom is 0.326 e. The lowest BCUT2D eigenvalue weighted by molar-refractivity contribution is -0.151. The SMILES string of the molecule is O=C(O)[C@@H]1Cc2c(cccc2OCc2ccccc2)CN1C(=O)Cc1ccccc1. The molecule has 152 valence electrons. The summed E-state index contributed by atoms with van der Waals surface area (Å²) in [7, 11) is 0. The van der Waals surface area contributed by atoms with Crippen LogP contribution in [0.25, 0.3) is 0 Å². The smallest absolute Gasteiger partial charge is 0.326 e. The topological polar surface area (TPSA) is 66.8 Å². The minimum atomic E-state index is -1.00. The van der Waals surface area contributed by atoms with E-state index in [0.717, 1.165) is 22.3 Å². The lowest BCUT2D eigenvalue weighted by atomic mass is 9.92. The number of ether oxygens (including phenoxy) is 1. The maximum absolute atomic E-state index is 12.9. The summed E-state index contributed by atoms with van der Waals surface area (Å²) >= 11 is 0. The fraction of sp³-hybridized carbons (Fsp3) is 0.200. The highest BCUT2D eigenvalue weighted by molar-refractivity contribution is 5.86. The van der Waals surface area contributed by atoms with Crippen molar-refractivity contribution in [3.05, 3.63) is 101 Å². The molecule has 0 aliphatic carbocycles. The summed E-state index contributed by atoms with van der Waals surface area (Å²) < 4.78 is 6.01. The van der Waals surface area contributed by atoms with Gasteiger partial charge in [0.15, 0.2) is 0 Å². The molecule has 0 saturated heterocycles. The largest absolute Gasteiger partial charge is 0.489 e. The van der Waals surface area contributed by atoms with Crippen LogP contribution in [0.2, 0.25) is 0 Å². The molecular weight excluding hydrogens is 378 g/mol. The lowest BCUT2D eigenvalue weighted by Crippen LogP contribution is -2.49. The molecule has 1 heterocycles. The monoisotopic (exact) mass is 401 g/mol. The molecule has 0 fully saturated rings. The summed E-state index contributed by atoms with van der Waals surface area (Å²) in [5, 5.41) is 9.81. The summed E-state index contributed by atoms with van der Waals surface area (Å²) in [5.41, 5.74) is 3.71. The van der Waals surface area contributed by atoms with E-state index >= 15 is 0 Å². The summed E-state index contributed by atoms with van der Waals surface area (Å²) in [6.45, 7) is 0.673. The second kappa shape index (κ2) is 8.82. The van der Waals surface area contributed by atoms with Crippen molar-refractivity contribution in [2.45, 2.75) is 32.0 Å². The second-order valence-corrected chi connectivity index (χ2v) is 7.41. The van der Waals surface area contributed by atoms with E-state index in [1.807, 2.05) is 78.9 Å². The molecule has 0 unspecified atom stereocenters. The third-order valence-corrected chi connectivity index (χ3v) is 5.39. The third kappa shape index (κ3) is 4.35. The van der Waals surface area contributed by atoms with Crippen LogP contribution in [0.15, 0.2) is 78.9 Å². The number of carbonyl (C=O) groups is 2. The molecule has 1 atom stereocenters. The van der Waals surface area contributed by atoms with E-state index in [2.05, 4.69) is 0 Å². The molecule has 1 aliphatic heterocycles. The van der Waals surface area contributed by atoms with Crippen molar-refractivity contribution in [2.24, 2.45) is 0 Å². The van der Waals surface area contributed by atoms with Crippen LogP contribution in [-0.4, -0.2) is 27.9 Å². The molecule has 0 radical (unpaired) electrons. The average Bonchev–Trinajstić information content (AvgIpc) is 2.78. The minimum Gasteiger partial charge on any atom is -0.489 e. The molecule has 1 aliphatic rings. The van der Waals surface area contributed by atoms with Crippen molar-refractivity contribution in [1.29, 1.82) is 0 Å². The highest BCUT2D eigenvalue weighted by atomic mass is 16.5. The van der Waals surface area contributed by atoms with Crippen LogP contribution in [0.5, 0.6) is 5.75 Å².